The Morgan fingerprint density at radius 3 is 2.69 bits per heavy atom. The minimum atomic E-state index is -0.151. The standard InChI is InChI=1S/C14H29NO/c1-4-6-13(16)10-15-14-8-7-11(3)9-12(14)5-2/h11-16H,4-10H2,1-3H3. The van der Waals surface area contributed by atoms with E-state index in [0.29, 0.717) is 6.04 Å². The molecule has 0 saturated heterocycles. The smallest absolute Gasteiger partial charge is 0.0664 e. The maximum atomic E-state index is 9.73. The molecule has 1 fully saturated rings. The van der Waals surface area contributed by atoms with E-state index in [1.807, 2.05) is 0 Å². The molecule has 0 aromatic rings. The average molecular weight is 227 g/mol. The van der Waals surface area contributed by atoms with Gasteiger partial charge in [-0.3, -0.25) is 0 Å². The van der Waals surface area contributed by atoms with Gasteiger partial charge in [0.15, 0.2) is 0 Å². The third-order valence-electron chi connectivity index (χ3n) is 4.01. The van der Waals surface area contributed by atoms with Gasteiger partial charge in [-0.05, 0) is 37.5 Å². The Balaban J connectivity index is 2.29. The zero-order chi connectivity index (χ0) is 12.0. The predicted octanol–water partition coefficient (Wildman–Crippen LogP) is 2.95. The van der Waals surface area contributed by atoms with Gasteiger partial charge in [0, 0.05) is 12.6 Å². The van der Waals surface area contributed by atoms with Crippen LogP contribution in [-0.2, 0) is 0 Å². The number of aliphatic hydroxyl groups is 1. The molecule has 0 spiro atoms. The van der Waals surface area contributed by atoms with Crippen LogP contribution in [-0.4, -0.2) is 23.8 Å². The molecule has 0 radical (unpaired) electrons. The van der Waals surface area contributed by atoms with E-state index in [0.717, 1.165) is 31.2 Å². The summed E-state index contributed by atoms with van der Waals surface area (Å²) < 4.78 is 0. The number of hydrogen-bond donors (Lipinski definition) is 2. The maximum absolute atomic E-state index is 9.73. The molecule has 0 aliphatic heterocycles. The van der Waals surface area contributed by atoms with Gasteiger partial charge in [0.1, 0.15) is 0 Å². The second kappa shape index (κ2) is 7.29. The second-order valence-corrected chi connectivity index (χ2v) is 5.54. The first-order chi connectivity index (χ1) is 7.67. The normalized spacial score (nSPS) is 32.6. The number of hydrogen-bond acceptors (Lipinski definition) is 2. The molecule has 2 nitrogen and oxygen atoms in total. The summed E-state index contributed by atoms with van der Waals surface area (Å²) in [5, 5.41) is 13.3. The lowest BCUT2D eigenvalue weighted by molar-refractivity contribution is 0.136. The van der Waals surface area contributed by atoms with Crippen LogP contribution < -0.4 is 5.32 Å². The molecule has 0 aromatic carbocycles. The van der Waals surface area contributed by atoms with Crippen molar-refractivity contribution in [2.75, 3.05) is 6.54 Å². The zero-order valence-electron chi connectivity index (χ0n) is 11.2. The minimum Gasteiger partial charge on any atom is -0.392 e. The number of aliphatic hydroxyl groups excluding tert-OH is 1. The fourth-order valence-electron chi connectivity index (χ4n) is 2.94. The van der Waals surface area contributed by atoms with E-state index in [1.54, 1.807) is 0 Å². The first kappa shape index (κ1) is 14.0. The van der Waals surface area contributed by atoms with Crippen LogP contribution in [0.15, 0.2) is 0 Å². The van der Waals surface area contributed by atoms with Crippen LogP contribution in [0.25, 0.3) is 0 Å². The lowest BCUT2D eigenvalue weighted by atomic mass is 9.77. The van der Waals surface area contributed by atoms with Crippen molar-refractivity contribution in [1.82, 2.24) is 5.32 Å². The van der Waals surface area contributed by atoms with Crippen molar-refractivity contribution in [2.45, 2.75) is 71.4 Å². The molecule has 4 unspecified atom stereocenters. The van der Waals surface area contributed by atoms with Gasteiger partial charge < -0.3 is 10.4 Å². The highest BCUT2D eigenvalue weighted by Gasteiger charge is 2.27. The summed E-state index contributed by atoms with van der Waals surface area (Å²) in [7, 11) is 0. The highest BCUT2D eigenvalue weighted by atomic mass is 16.3. The topological polar surface area (TPSA) is 32.3 Å². The van der Waals surface area contributed by atoms with Gasteiger partial charge in [0.2, 0.25) is 0 Å². The molecular weight excluding hydrogens is 198 g/mol. The van der Waals surface area contributed by atoms with Gasteiger partial charge in [-0.1, -0.05) is 33.6 Å². The van der Waals surface area contributed by atoms with Crippen molar-refractivity contribution < 1.29 is 5.11 Å². The van der Waals surface area contributed by atoms with Crippen molar-refractivity contribution >= 4 is 0 Å². The largest absolute Gasteiger partial charge is 0.392 e. The van der Waals surface area contributed by atoms with E-state index in [1.165, 1.54) is 25.7 Å². The molecular formula is C14H29NO. The maximum Gasteiger partial charge on any atom is 0.0664 e. The zero-order valence-corrected chi connectivity index (χ0v) is 11.2. The molecule has 0 aromatic heterocycles. The molecule has 96 valence electrons. The minimum absolute atomic E-state index is 0.151. The third kappa shape index (κ3) is 4.42. The fraction of sp³-hybridized carbons (Fsp3) is 1.00. The van der Waals surface area contributed by atoms with E-state index in [-0.39, 0.29) is 6.10 Å². The van der Waals surface area contributed by atoms with Crippen LogP contribution in [0.2, 0.25) is 0 Å². The molecule has 1 saturated carbocycles. The monoisotopic (exact) mass is 227 g/mol. The highest BCUT2D eigenvalue weighted by Crippen LogP contribution is 2.30. The molecule has 2 heteroatoms. The quantitative estimate of drug-likeness (QED) is 0.731. The van der Waals surface area contributed by atoms with Crippen LogP contribution in [0.4, 0.5) is 0 Å². The second-order valence-electron chi connectivity index (χ2n) is 5.54. The highest BCUT2D eigenvalue weighted by molar-refractivity contribution is 4.83. The van der Waals surface area contributed by atoms with Crippen LogP contribution in [0.1, 0.15) is 59.3 Å². The summed E-state index contributed by atoms with van der Waals surface area (Å²) in [6, 6.07) is 0.646. The van der Waals surface area contributed by atoms with E-state index in [2.05, 4.69) is 26.1 Å². The molecule has 1 rings (SSSR count). The third-order valence-corrected chi connectivity index (χ3v) is 4.01. The van der Waals surface area contributed by atoms with Gasteiger partial charge in [0.25, 0.3) is 0 Å². The molecule has 2 N–H and O–H groups in total. The Morgan fingerprint density at radius 2 is 2.06 bits per heavy atom. The fourth-order valence-corrected chi connectivity index (χ4v) is 2.94. The lowest BCUT2D eigenvalue weighted by Crippen LogP contribution is -2.43. The number of nitrogens with one attached hydrogen (secondary N) is 1. The Hall–Kier alpha value is -0.0800. The van der Waals surface area contributed by atoms with Gasteiger partial charge in [0.05, 0.1) is 6.10 Å². The van der Waals surface area contributed by atoms with Gasteiger partial charge in [-0.25, -0.2) is 0 Å². The SMILES string of the molecule is CCCC(O)CNC1CCC(C)CC1CC. The first-order valence-corrected chi connectivity index (χ1v) is 7.08. The lowest BCUT2D eigenvalue weighted by Gasteiger charge is -2.35. The van der Waals surface area contributed by atoms with Crippen molar-refractivity contribution in [3.05, 3.63) is 0 Å². The van der Waals surface area contributed by atoms with Crippen molar-refractivity contribution in [3.63, 3.8) is 0 Å². The summed E-state index contributed by atoms with van der Waals surface area (Å²) >= 11 is 0. The van der Waals surface area contributed by atoms with Gasteiger partial charge in [-0.2, -0.15) is 0 Å². The summed E-state index contributed by atoms with van der Waals surface area (Å²) in [6.07, 6.45) is 7.11. The van der Waals surface area contributed by atoms with Crippen LogP contribution >= 0.6 is 0 Å². The van der Waals surface area contributed by atoms with E-state index in [4.69, 9.17) is 0 Å². The molecule has 0 heterocycles. The van der Waals surface area contributed by atoms with E-state index >= 15 is 0 Å². The van der Waals surface area contributed by atoms with E-state index < -0.39 is 0 Å². The Morgan fingerprint density at radius 1 is 1.31 bits per heavy atom. The molecule has 4 atom stereocenters. The van der Waals surface area contributed by atoms with Crippen LogP contribution in [0.5, 0.6) is 0 Å². The number of rotatable bonds is 6. The Bertz CT molecular complexity index is 184. The molecule has 1 aliphatic carbocycles. The summed E-state index contributed by atoms with van der Waals surface area (Å²) in [5.41, 5.74) is 0. The van der Waals surface area contributed by atoms with Gasteiger partial charge >= 0.3 is 0 Å². The average Bonchev–Trinajstić information content (AvgIpc) is 2.27. The van der Waals surface area contributed by atoms with Crippen molar-refractivity contribution in [3.8, 4) is 0 Å². The summed E-state index contributed by atoms with van der Waals surface area (Å²) in [6.45, 7) is 7.56. The summed E-state index contributed by atoms with van der Waals surface area (Å²) in [4.78, 5) is 0. The van der Waals surface area contributed by atoms with Crippen molar-refractivity contribution in [1.29, 1.82) is 0 Å². The van der Waals surface area contributed by atoms with Crippen LogP contribution in [0.3, 0.4) is 0 Å². The Labute approximate surface area is 101 Å². The van der Waals surface area contributed by atoms with Gasteiger partial charge in [-0.15, -0.1) is 0 Å². The summed E-state index contributed by atoms with van der Waals surface area (Å²) in [5.74, 6) is 1.71. The van der Waals surface area contributed by atoms with E-state index in [9.17, 15) is 5.11 Å². The molecule has 0 amide bonds. The molecule has 0 bridgehead atoms. The predicted molar refractivity (Wildman–Crippen MR) is 69.5 cm³/mol. The Kier molecular flexibility index (Phi) is 6.37. The van der Waals surface area contributed by atoms with Crippen LogP contribution in [0, 0.1) is 11.8 Å². The molecule has 16 heavy (non-hydrogen) atoms. The molecule has 1 aliphatic rings. The first-order valence-electron chi connectivity index (χ1n) is 7.08. The van der Waals surface area contributed by atoms with Crippen molar-refractivity contribution in [2.24, 2.45) is 11.8 Å².